The monoisotopic (exact) mass is 561 g/mol. The van der Waals surface area contributed by atoms with Gasteiger partial charge >= 0.3 is 0 Å². The summed E-state index contributed by atoms with van der Waals surface area (Å²) in [6.07, 6.45) is 9.33. The van der Waals surface area contributed by atoms with Crippen LogP contribution in [0, 0.1) is 5.92 Å². The van der Waals surface area contributed by atoms with E-state index >= 15 is 0 Å². The van der Waals surface area contributed by atoms with Gasteiger partial charge in [0.15, 0.2) is 27.1 Å². The van der Waals surface area contributed by atoms with Crippen molar-refractivity contribution in [3.8, 4) is 17.3 Å². The molecule has 0 radical (unpaired) electrons. The Labute approximate surface area is 232 Å². The van der Waals surface area contributed by atoms with Crippen LogP contribution in [-0.2, 0) is 16.4 Å². The Morgan fingerprint density at radius 2 is 1.82 bits per heavy atom. The summed E-state index contributed by atoms with van der Waals surface area (Å²) in [5.74, 6) is 1.65. The molecule has 0 unspecified atom stereocenters. The lowest BCUT2D eigenvalue weighted by Gasteiger charge is -2.22. The minimum absolute atomic E-state index is 0.0211. The maximum absolute atomic E-state index is 13.9. The third-order valence-electron chi connectivity index (χ3n) is 7.81. The highest BCUT2D eigenvalue weighted by Gasteiger charge is 2.33. The smallest absolute Gasteiger partial charge is 0.295 e. The molecule has 1 N–H and O–H groups in total. The standard InChI is InChI=1S/C28H31N7O4S/c1-16-5-4-6-21(16)35-26-20(14-30-24(34-26)22-23(18-9-10-18)31-15-32-27(22)39-2)33-25(28(35)36)29-13-17-7-11-19(12-8-17)40(3,37)38/h7-8,11-12,14-16,18,21H,4-6,9-10,13H2,1-3H3,(H,29,33)/t16-,21-/m0/s1. The molecule has 6 rings (SSSR count). The van der Waals surface area contributed by atoms with E-state index < -0.39 is 9.84 Å². The van der Waals surface area contributed by atoms with Crippen LogP contribution >= 0.6 is 0 Å². The second-order valence-electron chi connectivity index (χ2n) is 10.7. The van der Waals surface area contributed by atoms with Crippen LogP contribution < -0.4 is 15.6 Å². The first kappa shape index (κ1) is 26.3. The average molecular weight is 562 g/mol. The third kappa shape index (κ3) is 4.91. The molecule has 4 aromatic rings. The number of benzene rings is 1. The van der Waals surface area contributed by atoms with Gasteiger partial charge < -0.3 is 10.1 Å². The van der Waals surface area contributed by atoms with Crippen molar-refractivity contribution < 1.29 is 13.2 Å². The molecule has 0 bridgehead atoms. The first-order valence-corrected chi connectivity index (χ1v) is 15.3. The van der Waals surface area contributed by atoms with Crippen LogP contribution in [0.1, 0.15) is 62.2 Å². The third-order valence-corrected chi connectivity index (χ3v) is 8.94. The molecule has 40 heavy (non-hydrogen) atoms. The van der Waals surface area contributed by atoms with Crippen molar-refractivity contribution in [3.05, 3.63) is 58.4 Å². The van der Waals surface area contributed by atoms with E-state index in [1.54, 1.807) is 42.1 Å². The van der Waals surface area contributed by atoms with Gasteiger partial charge in [-0.05, 0) is 49.3 Å². The van der Waals surface area contributed by atoms with Crippen LogP contribution in [0.25, 0.3) is 22.6 Å². The second-order valence-corrected chi connectivity index (χ2v) is 12.7. The van der Waals surface area contributed by atoms with E-state index in [9.17, 15) is 13.2 Å². The molecule has 2 atom stereocenters. The SMILES string of the molecule is COc1ncnc(C2CC2)c1-c1ncc2nc(NCc3ccc(S(C)(=O)=O)cc3)c(=O)n([C@H]3CCC[C@@H]3C)c2n1. The Kier molecular flexibility index (Phi) is 6.73. The van der Waals surface area contributed by atoms with Crippen molar-refractivity contribution in [1.82, 2.24) is 29.5 Å². The molecule has 0 aliphatic heterocycles. The lowest BCUT2D eigenvalue weighted by Crippen LogP contribution is -2.30. The predicted octanol–water partition coefficient (Wildman–Crippen LogP) is 3.91. The number of hydrogen-bond acceptors (Lipinski definition) is 10. The Hall–Kier alpha value is -3.93. The van der Waals surface area contributed by atoms with E-state index in [4.69, 9.17) is 9.72 Å². The van der Waals surface area contributed by atoms with Crippen LogP contribution in [0.3, 0.4) is 0 Å². The van der Waals surface area contributed by atoms with Crippen molar-refractivity contribution in [2.75, 3.05) is 18.7 Å². The van der Waals surface area contributed by atoms with Gasteiger partial charge in [-0.3, -0.25) is 9.36 Å². The van der Waals surface area contributed by atoms with Crippen LogP contribution in [0.15, 0.2) is 46.5 Å². The molecule has 208 valence electrons. The average Bonchev–Trinajstić information content (AvgIpc) is 3.71. The van der Waals surface area contributed by atoms with Crippen molar-refractivity contribution in [3.63, 3.8) is 0 Å². The molecule has 12 heteroatoms. The molecule has 0 amide bonds. The molecular weight excluding hydrogens is 530 g/mol. The molecule has 0 saturated heterocycles. The summed E-state index contributed by atoms with van der Waals surface area (Å²) in [5, 5.41) is 3.17. The zero-order valence-corrected chi connectivity index (χ0v) is 23.5. The molecule has 3 heterocycles. The minimum Gasteiger partial charge on any atom is -0.480 e. The Morgan fingerprint density at radius 1 is 1.05 bits per heavy atom. The van der Waals surface area contributed by atoms with Gasteiger partial charge in [0.05, 0.1) is 23.9 Å². The zero-order valence-electron chi connectivity index (χ0n) is 22.7. The molecule has 1 aromatic carbocycles. The van der Waals surface area contributed by atoms with E-state index in [0.717, 1.165) is 43.4 Å². The first-order valence-electron chi connectivity index (χ1n) is 13.5. The van der Waals surface area contributed by atoms with Gasteiger partial charge in [-0.2, -0.15) is 0 Å². The van der Waals surface area contributed by atoms with Crippen LogP contribution in [0.5, 0.6) is 5.88 Å². The van der Waals surface area contributed by atoms with Gasteiger partial charge in [0, 0.05) is 24.8 Å². The number of hydrogen-bond donors (Lipinski definition) is 1. The minimum atomic E-state index is -3.29. The quantitative estimate of drug-likeness (QED) is 0.336. The van der Waals surface area contributed by atoms with Gasteiger partial charge in [-0.15, -0.1) is 0 Å². The second kappa shape index (κ2) is 10.2. The van der Waals surface area contributed by atoms with Crippen LogP contribution in [-0.4, -0.2) is 51.3 Å². The number of methoxy groups -OCH3 is 1. The fourth-order valence-corrected chi connectivity index (χ4v) is 6.14. The number of sulfone groups is 1. The van der Waals surface area contributed by atoms with E-state index in [2.05, 4.69) is 32.2 Å². The number of rotatable bonds is 8. The van der Waals surface area contributed by atoms with Crippen LogP contribution in [0.2, 0.25) is 0 Å². The van der Waals surface area contributed by atoms with E-state index in [1.807, 2.05) is 0 Å². The van der Waals surface area contributed by atoms with Gasteiger partial charge in [0.2, 0.25) is 5.88 Å². The van der Waals surface area contributed by atoms with Crippen molar-refractivity contribution >= 4 is 26.8 Å². The number of aromatic nitrogens is 6. The summed E-state index contributed by atoms with van der Waals surface area (Å²) >= 11 is 0. The number of nitrogens with zero attached hydrogens (tertiary/aromatic N) is 6. The molecule has 2 fully saturated rings. The number of nitrogens with one attached hydrogen (secondary N) is 1. The summed E-state index contributed by atoms with van der Waals surface area (Å²) in [4.78, 5) is 37.2. The summed E-state index contributed by atoms with van der Waals surface area (Å²) in [6.45, 7) is 2.47. The van der Waals surface area contributed by atoms with Crippen molar-refractivity contribution in [2.24, 2.45) is 5.92 Å². The maximum Gasteiger partial charge on any atom is 0.295 e. The molecule has 3 aromatic heterocycles. The Balaban J connectivity index is 1.43. The normalized spacial score (nSPS) is 19.2. The van der Waals surface area contributed by atoms with Crippen LogP contribution in [0.4, 0.5) is 5.82 Å². The van der Waals surface area contributed by atoms with Gasteiger partial charge in [-0.25, -0.2) is 33.3 Å². The Morgan fingerprint density at radius 3 is 2.48 bits per heavy atom. The fraction of sp³-hybridized carbons (Fsp3) is 0.429. The van der Waals surface area contributed by atoms with Crippen molar-refractivity contribution in [1.29, 1.82) is 0 Å². The number of ether oxygens (including phenoxy) is 1. The van der Waals surface area contributed by atoms with Gasteiger partial charge in [0.25, 0.3) is 5.56 Å². The molecule has 11 nitrogen and oxygen atoms in total. The maximum atomic E-state index is 13.9. The molecular formula is C28H31N7O4S. The van der Waals surface area contributed by atoms with E-state index in [-0.39, 0.29) is 22.3 Å². The highest BCUT2D eigenvalue weighted by atomic mass is 32.2. The summed E-state index contributed by atoms with van der Waals surface area (Å²) in [7, 11) is -1.72. The lowest BCUT2D eigenvalue weighted by molar-refractivity contribution is 0.397. The number of anilines is 1. The summed E-state index contributed by atoms with van der Waals surface area (Å²) in [6, 6.07) is 6.55. The molecule has 2 aliphatic carbocycles. The van der Waals surface area contributed by atoms with E-state index in [1.165, 1.54) is 12.6 Å². The topological polar surface area (TPSA) is 142 Å². The van der Waals surface area contributed by atoms with Gasteiger partial charge in [-0.1, -0.05) is 25.5 Å². The zero-order chi connectivity index (χ0) is 28.0. The first-order chi connectivity index (χ1) is 19.2. The summed E-state index contributed by atoms with van der Waals surface area (Å²) < 4.78 is 30.9. The molecule has 2 saturated carbocycles. The predicted molar refractivity (Wildman–Crippen MR) is 150 cm³/mol. The molecule has 2 aliphatic rings. The molecule has 0 spiro atoms. The van der Waals surface area contributed by atoms with Crippen molar-refractivity contribution in [2.45, 2.75) is 62.4 Å². The van der Waals surface area contributed by atoms with Gasteiger partial charge in [0.1, 0.15) is 17.4 Å². The fourth-order valence-electron chi connectivity index (χ4n) is 5.51. The highest BCUT2D eigenvalue weighted by molar-refractivity contribution is 7.90. The lowest BCUT2D eigenvalue weighted by atomic mass is 10.1. The largest absolute Gasteiger partial charge is 0.480 e. The Bertz CT molecular complexity index is 1750. The number of fused-ring (bicyclic) bond motifs is 1. The highest BCUT2D eigenvalue weighted by Crippen LogP contribution is 2.45. The van der Waals surface area contributed by atoms with E-state index in [0.29, 0.717) is 46.8 Å². The summed E-state index contributed by atoms with van der Waals surface area (Å²) in [5.41, 5.74) is 3.08.